The zero-order chi connectivity index (χ0) is 36.1. The largest absolute Gasteiger partial charge is 0.448 e. The van der Waals surface area contributed by atoms with Gasteiger partial charge < -0.3 is 33.7 Å². The fraction of sp³-hybridized carbons (Fsp3) is 0.900. The number of likely N-dealkylation sites (N-methyl/N-ethyl adjacent to an activating group) is 1. The van der Waals surface area contributed by atoms with Crippen molar-refractivity contribution in [1.29, 1.82) is 0 Å². The Hall–Kier alpha value is -1.76. The van der Waals surface area contributed by atoms with Crippen LogP contribution in [-0.2, 0) is 35.0 Å². The van der Waals surface area contributed by atoms with E-state index in [0.29, 0.717) is 24.4 Å². The summed E-state index contributed by atoms with van der Waals surface area (Å²) in [5, 5.41) is 7.89. The first-order valence-electron chi connectivity index (χ1n) is 20.2. The Kier molecular flexibility index (Phi) is 15.9. The van der Waals surface area contributed by atoms with Crippen LogP contribution in [0.5, 0.6) is 0 Å². The van der Waals surface area contributed by atoms with E-state index in [2.05, 4.69) is 48.9 Å². The molecule has 4 heterocycles. The molecule has 1 saturated carbocycles. The fourth-order valence-electron chi connectivity index (χ4n) is 8.61. The third-order valence-electron chi connectivity index (χ3n) is 12.1. The van der Waals surface area contributed by atoms with Gasteiger partial charge in [0.15, 0.2) is 0 Å². The molecule has 0 spiro atoms. The number of aromatic nitrogens is 2. The van der Waals surface area contributed by atoms with Crippen LogP contribution in [0.3, 0.4) is 0 Å². The molecule has 4 fully saturated rings. The number of amides is 1. The van der Waals surface area contributed by atoms with Crippen molar-refractivity contribution in [2.45, 2.75) is 129 Å². The maximum atomic E-state index is 12.0. The molecular formula is C40H70N4O7. The first-order chi connectivity index (χ1) is 24.7. The van der Waals surface area contributed by atoms with E-state index in [0.717, 1.165) is 149 Å². The van der Waals surface area contributed by atoms with Crippen LogP contribution >= 0.6 is 0 Å². The standard InChI is InChI=1S/C40H70N4O7/c1-39(2,3)35(28-51-38(45)41-4)43(5)26-34-27-44(36-8-6-7-19-50-36)42-37(34)33-9-17-40(18-10-33,29-48-24-15-31-11-20-46-21-12-31)30-49-25-16-32-13-22-47-23-14-32/h27,31-33,35-36H,6-26,28-30H2,1-5H3,(H,41,45). The molecule has 3 saturated heterocycles. The molecule has 0 aromatic carbocycles. The molecule has 2 unspecified atom stereocenters. The first kappa shape index (κ1) is 40.4. The highest BCUT2D eigenvalue weighted by Crippen LogP contribution is 2.45. The van der Waals surface area contributed by atoms with E-state index in [1.54, 1.807) is 7.05 Å². The molecule has 1 aromatic heterocycles. The SMILES string of the molecule is CNC(=O)OCC(N(C)Cc1cn(C2CCCCO2)nc1C1CCC(COCCC2CCOCC2)(COCCC2CCOCC2)CC1)C(C)(C)C. The van der Waals surface area contributed by atoms with Crippen LogP contribution in [0.1, 0.15) is 128 Å². The van der Waals surface area contributed by atoms with Crippen molar-refractivity contribution in [3.8, 4) is 0 Å². The summed E-state index contributed by atoms with van der Waals surface area (Å²) in [4.78, 5) is 14.4. The summed E-state index contributed by atoms with van der Waals surface area (Å²) in [7, 11) is 3.74. The van der Waals surface area contributed by atoms with Crippen LogP contribution in [0, 0.1) is 22.7 Å². The summed E-state index contributed by atoms with van der Waals surface area (Å²) in [6, 6.07) is 0.0347. The van der Waals surface area contributed by atoms with Gasteiger partial charge in [0.1, 0.15) is 12.8 Å². The number of hydrogen-bond donors (Lipinski definition) is 1. The van der Waals surface area contributed by atoms with Gasteiger partial charge in [-0.15, -0.1) is 0 Å². The van der Waals surface area contributed by atoms with E-state index in [9.17, 15) is 4.79 Å². The van der Waals surface area contributed by atoms with Gasteiger partial charge in [0.05, 0.1) is 18.9 Å². The lowest BCUT2D eigenvalue weighted by Gasteiger charge is -2.40. The van der Waals surface area contributed by atoms with Crippen molar-refractivity contribution >= 4 is 6.09 Å². The Labute approximate surface area is 308 Å². The minimum absolute atomic E-state index is 0.0116. The van der Waals surface area contributed by atoms with Crippen LogP contribution in [-0.4, -0.2) is 107 Å². The molecule has 5 rings (SSSR count). The number of nitrogens with zero attached hydrogens (tertiary/aromatic N) is 3. The number of ether oxygens (including phenoxy) is 6. The summed E-state index contributed by atoms with van der Waals surface area (Å²) < 4.78 is 38.1. The van der Waals surface area contributed by atoms with Gasteiger partial charge in [-0.3, -0.25) is 4.90 Å². The van der Waals surface area contributed by atoms with E-state index >= 15 is 0 Å². The predicted molar refractivity (Wildman–Crippen MR) is 198 cm³/mol. The van der Waals surface area contributed by atoms with Crippen molar-refractivity contribution in [3.05, 3.63) is 17.5 Å². The van der Waals surface area contributed by atoms with Gasteiger partial charge >= 0.3 is 6.09 Å². The van der Waals surface area contributed by atoms with Gasteiger partial charge in [-0.1, -0.05) is 20.8 Å². The van der Waals surface area contributed by atoms with Crippen molar-refractivity contribution < 1.29 is 33.2 Å². The maximum Gasteiger partial charge on any atom is 0.406 e. The zero-order valence-corrected chi connectivity index (χ0v) is 32.6. The Morgan fingerprint density at radius 3 is 2.08 bits per heavy atom. The molecule has 11 heteroatoms. The molecular weight excluding hydrogens is 648 g/mol. The lowest BCUT2D eigenvalue weighted by atomic mass is 9.70. The number of carbonyl (C=O) groups excluding carboxylic acids is 1. The molecule has 292 valence electrons. The number of alkyl carbamates (subject to hydrolysis) is 1. The maximum absolute atomic E-state index is 12.0. The number of carbonyl (C=O) groups is 1. The number of hydrogen-bond acceptors (Lipinski definition) is 9. The summed E-state index contributed by atoms with van der Waals surface area (Å²) in [6.07, 6.45) is 16.2. The second kappa shape index (κ2) is 20.1. The van der Waals surface area contributed by atoms with Crippen LogP contribution in [0.2, 0.25) is 0 Å². The lowest BCUT2D eigenvalue weighted by molar-refractivity contribution is -0.0532. The molecule has 1 amide bonds. The second-order valence-electron chi connectivity index (χ2n) is 17.1. The summed E-state index contributed by atoms with van der Waals surface area (Å²) in [6.45, 7) is 15.2. The van der Waals surface area contributed by atoms with E-state index in [1.165, 1.54) is 11.3 Å². The Balaban J connectivity index is 1.26. The van der Waals surface area contributed by atoms with Crippen molar-refractivity contribution in [1.82, 2.24) is 20.0 Å². The van der Waals surface area contributed by atoms with E-state index in [1.807, 2.05) is 0 Å². The Morgan fingerprint density at radius 2 is 1.55 bits per heavy atom. The van der Waals surface area contributed by atoms with Gasteiger partial charge in [-0.25, -0.2) is 9.48 Å². The van der Waals surface area contributed by atoms with Gasteiger partial charge in [0.25, 0.3) is 0 Å². The molecule has 1 aliphatic carbocycles. The van der Waals surface area contributed by atoms with Crippen molar-refractivity contribution in [3.63, 3.8) is 0 Å². The van der Waals surface area contributed by atoms with E-state index in [-0.39, 0.29) is 23.1 Å². The molecule has 11 nitrogen and oxygen atoms in total. The van der Waals surface area contributed by atoms with Gasteiger partial charge in [0, 0.05) is 89.0 Å². The van der Waals surface area contributed by atoms with Gasteiger partial charge in [0.2, 0.25) is 0 Å². The van der Waals surface area contributed by atoms with Crippen molar-refractivity contribution in [2.24, 2.45) is 22.7 Å². The Bertz CT molecular complexity index is 1120. The van der Waals surface area contributed by atoms with E-state index in [4.69, 9.17) is 33.5 Å². The summed E-state index contributed by atoms with van der Waals surface area (Å²) in [5.74, 6) is 1.80. The zero-order valence-electron chi connectivity index (χ0n) is 32.6. The molecule has 1 N–H and O–H groups in total. The quantitative estimate of drug-likeness (QED) is 0.169. The average Bonchev–Trinajstić information content (AvgIpc) is 3.56. The highest BCUT2D eigenvalue weighted by Gasteiger charge is 2.39. The van der Waals surface area contributed by atoms with Crippen LogP contribution in [0.25, 0.3) is 0 Å². The predicted octanol–water partition coefficient (Wildman–Crippen LogP) is 7.10. The smallest absolute Gasteiger partial charge is 0.406 e. The lowest BCUT2D eigenvalue weighted by Crippen LogP contribution is -2.45. The number of rotatable bonds is 17. The van der Waals surface area contributed by atoms with Crippen LogP contribution in [0.4, 0.5) is 4.79 Å². The second-order valence-corrected chi connectivity index (χ2v) is 17.1. The molecule has 0 bridgehead atoms. The molecule has 1 aromatic rings. The van der Waals surface area contributed by atoms with Gasteiger partial charge in [-0.05, 0) is 108 Å². The third-order valence-corrected chi connectivity index (χ3v) is 12.1. The normalized spacial score (nSPS) is 23.4. The average molecular weight is 719 g/mol. The monoisotopic (exact) mass is 719 g/mol. The van der Waals surface area contributed by atoms with Crippen LogP contribution in [0.15, 0.2) is 6.20 Å². The molecule has 2 atom stereocenters. The molecule has 3 aliphatic heterocycles. The topological polar surface area (TPSA) is 106 Å². The molecule has 4 aliphatic rings. The first-order valence-corrected chi connectivity index (χ1v) is 20.2. The fourth-order valence-corrected chi connectivity index (χ4v) is 8.61. The highest BCUT2D eigenvalue weighted by molar-refractivity contribution is 5.66. The molecule has 0 radical (unpaired) electrons. The van der Waals surface area contributed by atoms with Crippen LogP contribution < -0.4 is 5.32 Å². The number of nitrogens with one attached hydrogen (secondary N) is 1. The van der Waals surface area contributed by atoms with Gasteiger partial charge in [-0.2, -0.15) is 5.10 Å². The van der Waals surface area contributed by atoms with Crippen molar-refractivity contribution in [2.75, 3.05) is 80.2 Å². The third kappa shape index (κ3) is 12.4. The summed E-state index contributed by atoms with van der Waals surface area (Å²) in [5.41, 5.74) is 2.39. The Morgan fingerprint density at radius 1 is 0.941 bits per heavy atom. The summed E-state index contributed by atoms with van der Waals surface area (Å²) >= 11 is 0. The minimum atomic E-state index is -0.397. The minimum Gasteiger partial charge on any atom is -0.448 e. The van der Waals surface area contributed by atoms with E-state index < -0.39 is 6.09 Å². The molecule has 51 heavy (non-hydrogen) atoms. The highest BCUT2D eigenvalue weighted by atomic mass is 16.5.